The van der Waals surface area contributed by atoms with Gasteiger partial charge in [-0.05, 0) is 18.8 Å². The molecule has 0 spiro atoms. The van der Waals surface area contributed by atoms with Crippen molar-refractivity contribution in [2.45, 2.75) is 18.7 Å². The van der Waals surface area contributed by atoms with Crippen molar-refractivity contribution in [2.24, 2.45) is 5.92 Å². The molecule has 0 aromatic carbocycles. The van der Waals surface area contributed by atoms with Crippen LogP contribution in [0.25, 0.3) is 0 Å². The van der Waals surface area contributed by atoms with Crippen LogP contribution >= 0.6 is 23.2 Å². The van der Waals surface area contributed by atoms with Crippen LogP contribution in [0.15, 0.2) is 6.33 Å². The van der Waals surface area contributed by atoms with Crippen LogP contribution in [0.4, 0.5) is 5.82 Å². The smallest absolute Gasteiger partial charge is 0.138 e. The third-order valence-electron chi connectivity index (χ3n) is 3.32. The van der Waals surface area contributed by atoms with E-state index in [1.807, 2.05) is 0 Å². The minimum atomic E-state index is 0.340. The average molecular weight is 290 g/mol. The number of aromatic nitrogens is 2. The SMILES string of the molecule is COCC1CCN(c2ncnc(Cl)c2CCl)CC1. The summed E-state index contributed by atoms with van der Waals surface area (Å²) in [6, 6.07) is 0. The van der Waals surface area contributed by atoms with Crippen molar-refractivity contribution in [3.63, 3.8) is 0 Å². The molecule has 1 aliphatic heterocycles. The predicted molar refractivity (Wildman–Crippen MR) is 73.4 cm³/mol. The lowest BCUT2D eigenvalue weighted by molar-refractivity contribution is 0.139. The molecule has 4 nitrogen and oxygen atoms in total. The summed E-state index contributed by atoms with van der Waals surface area (Å²) in [5.41, 5.74) is 0.825. The number of halogens is 2. The maximum absolute atomic E-state index is 6.04. The molecule has 0 N–H and O–H groups in total. The molecule has 0 unspecified atom stereocenters. The zero-order valence-corrected chi connectivity index (χ0v) is 11.9. The molecule has 0 atom stereocenters. The molecule has 1 saturated heterocycles. The molecule has 1 aromatic heterocycles. The number of anilines is 1. The third kappa shape index (κ3) is 3.05. The summed E-state index contributed by atoms with van der Waals surface area (Å²) in [4.78, 5) is 10.5. The second-order valence-electron chi connectivity index (χ2n) is 4.49. The average Bonchev–Trinajstić information content (AvgIpc) is 2.40. The van der Waals surface area contributed by atoms with Gasteiger partial charge in [0.25, 0.3) is 0 Å². The number of hydrogen-bond donors (Lipinski definition) is 0. The van der Waals surface area contributed by atoms with Gasteiger partial charge in [-0.25, -0.2) is 9.97 Å². The fraction of sp³-hybridized carbons (Fsp3) is 0.667. The van der Waals surface area contributed by atoms with Crippen LogP contribution in [0.2, 0.25) is 5.15 Å². The molecule has 2 heterocycles. The fourth-order valence-corrected chi connectivity index (χ4v) is 2.83. The second-order valence-corrected chi connectivity index (χ2v) is 5.11. The van der Waals surface area contributed by atoms with E-state index in [1.54, 1.807) is 7.11 Å². The summed E-state index contributed by atoms with van der Waals surface area (Å²) in [6.45, 7) is 2.76. The quantitative estimate of drug-likeness (QED) is 0.631. The maximum Gasteiger partial charge on any atom is 0.138 e. The van der Waals surface area contributed by atoms with Gasteiger partial charge in [0.1, 0.15) is 17.3 Å². The zero-order chi connectivity index (χ0) is 13.0. The van der Waals surface area contributed by atoms with Crippen LogP contribution in [0, 0.1) is 5.92 Å². The topological polar surface area (TPSA) is 38.2 Å². The van der Waals surface area contributed by atoms with E-state index < -0.39 is 0 Å². The van der Waals surface area contributed by atoms with Crippen LogP contribution in [-0.2, 0) is 10.6 Å². The Balaban J connectivity index is 2.07. The Morgan fingerprint density at radius 2 is 2.11 bits per heavy atom. The van der Waals surface area contributed by atoms with Crippen molar-refractivity contribution in [3.8, 4) is 0 Å². The number of methoxy groups -OCH3 is 1. The van der Waals surface area contributed by atoms with E-state index in [4.69, 9.17) is 27.9 Å². The summed E-state index contributed by atoms with van der Waals surface area (Å²) in [6.07, 6.45) is 3.71. The summed E-state index contributed by atoms with van der Waals surface area (Å²) < 4.78 is 5.20. The molecule has 6 heteroatoms. The molecular weight excluding hydrogens is 273 g/mol. The lowest BCUT2D eigenvalue weighted by atomic mass is 9.97. The van der Waals surface area contributed by atoms with Gasteiger partial charge in [0.15, 0.2) is 0 Å². The minimum absolute atomic E-state index is 0.340. The molecule has 1 aliphatic rings. The van der Waals surface area contributed by atoms with Gasteiger partial charge < -0.3 is 9.64 Å². The highest BCUT2D eigenvalue weighted by atomic mass is 35.5. The van der Waals surface area contributed by atoms with E-state index in [2.05, 4.69) is 14.9 Å². The van der Waals surface area contributed by atoms with Crippen LogP contribution < -0.4 is 4.90 Å². The van der Waals surface area contributed by atoms with E-state index in [0.717, 1.165) is 43.9 Å². The van der Waals surface area contributed by atoms with E-state index in [0.29, 0.717) is 17.0 Å². The van der Waals surface area contributed by atoms with E-state index in [9.17, 15) is 0 Å². The van der Waals surface area contributed by atoms with Gasteiger partial charge in [0.05, 0.1) is 5.88 Å². The molecular formula is C12H17Cl2N3O. The van der Waals surface area contributed by atoms with E-state index in [-0.39, 0.29) is 0 Å². The number of hydrogen-bond acceptors (Lipinski definition) is 4. The van der Waals surface area contributed by atoms with Gasteiger partial charge in [-0.2, -0.15) is 0 Å². The van der Waals surface area contributed by atoms with Gasteiger partial charge >= 0.3 is 0 Å². The van der Waals surface area contributed by atoms with E-state index in [1.165, 1.54) is 6.33 Å². The summed E-state index contributed by atoms with van der Waals surface area (Å²) in [5, 5.41) is 0.453. The Labute approximate surface area is 117 Å². The Hall–Kier alpha value is -0.580. The normalized spacial score (nSPS) is 17.2. The molecule has 100 valence electrons. The van der Waals surface area contributed by atoms with Crippen molar-refractivity contribution < 1.29 is 4.74 Å². The summed E-state index contributed by atoms with van der Waals surface area (Å²) in [7, 11) is 1.75. The maximum atomic E-state index is 6.04. The Bertz CT molecular complexity index is 395. The van der Waals surface area contributed by atoms with Crippen LogP contribution in [-0.4, -0.2) is 36.8 Å². The van der Waals surface area contributed by atoms with Gasteiger partial charge in [-0.1, -0.05) is 11.6 Å². The molecule has 1 fully saturated rings. The van der Waals surface area contributed by atoms with Gasteiger partial charge in [-0.3, -0.25) is 0 Å². The number of nitrogens with zero attached hydrogens (tertiary/aromatic N) is 3. The minimum Gasteiger partial charge on any atom is -0.384 e. The summed E-state index contributed by atoms with van der Waals surface area (Å²) in [5.74, 6) is 1.86. The van der Waals surface area contributed by atoms with Gasteiger partial charge in [0.2, 0.25) is 0 Å². The molecule has 0 amide bonds. The highest BCUT2D eigenvalue weighted by Gasteiger charge is 2.22. The number of rotatable bonds is 4. The van der Waals surface area contributed by atoms with Crippen molar-refractivity contribution in [1.82, 2.24) is 9.97 Å². The Morgan fingerprint density at radius 3 is 2.72 bits per heavy atom. The lowest BCUT2D eigenvalue weighted by Gasteiger charge is -2.33. The van der Waals surface area contributed by atoms with Crippen molar-refractivity contribution >= 4 is 29.0 Å². The van der Waals surface area contributed by atoms with Crippen LogP contribution in [0.5, 0.6) is 0 Å². The fourth-order valence-electron chi connectivity index (χ4n) is 2.32. The monoisotopic (exact) mass is 289 g/mol. The molecule has 0 bridgehead atoms. The first-order chi connectivity index (χ1) is 8.76. The largest absolute Gasteiger partial charge is 0.384 e. The number of piperidine rings is 1. The lowest BCUT2D eigenvalue weighted by Crippen LogP contribution is -2.36. The molecule has 0 saturated carbocycles. The zero-order valence-electron chi connectivity index (χ0n) is 10.4. The Kier molecular flexibility index (Phi) is 5.03. The standard InChI is InChI=1S/C12H17Cl2N3O/c1-18-7-9-2-4-17(5-3-9)12-10(6-13)11(14)15-8-16-12/h8-9H,2-7H2,1H3. The first kappa shape index (κ1) is 13.8. The first-order valence-corrected chi connectivity index (χ1v) is 6.96. The third-order valence-corrected chi connectivity index (χ3v) is 3.91. The first-order valence-electron chi connectivity index (χ1n) is 6.05. The highest BCUT2D eigenvalue weighted by Crippen LogP contribution is 2.28. The molecule has 0 radical (unpaired) electrons. The van der Waals surface area contributed by atoms with Crippen LogP contribution in [0.1, 0.15) is 18.4 Å². The van der Waals surface area contributed by atoms with E-state index >= 15 is 0 Å². The van der Waals surface area contributed by atoms with Crippen LogP contribution in [0.3, 0.4) is 0 Å². The van der Waals surface area contributed by atoms with Crippen molar-refractivity contribution in [3.05, 3.63) is 17.0 Å². The predicted octanol–water partition coefficient (Wildman–Crippen LogP) is 2.73. The van der Waals surface area contributed by atoms with Crippen molar-refractivity contribution in [2.75, 3.05) is 31.7 Å². The van der Waals surface area contributed by atoms with Gasteiger partial charge in [0, 0.05) is 32.4 Å². The van der Waals surface area contributed by atoms with Gasteiger partial charge in [-0.15, -0.1) is 11.6 Å². The summed E-state index contributed by atoms with van der Waals surface area (Å²) >= 11 is 12.0. The molecule has 1 aromatic rings. The Morgan fingerprint density at radius 1 is 1.39 bits per heavy atom. The highest BCUT2D eigenvalue weighted by molar-refractivity contribution is 6.31. The molecule has 18 heavy (non-hydrogen) atoms. The van der Waals surface area contributed by atoms with Crippen molar-refractivity contribution in [1.29, 1.82) is 0 Å². The molecule has 0 aliphatic carbocycles. The number of ether oxygens (including phenoxy) is 1. The molecule has 2 rings (SSSR count). The number of alkyl halides is 1. The second kappa shape index (κ2) is 6.55.